The van der Waals surface area contributed by atoms with Gasteiger partial charge in [-0.1, -0.05) is 0 Å². The van der Waals surface area contributed by atoms with Crippen LogP contribution in [0.15, 0.2) is 15.9 Å². The first kappa shape index (κ1) is 10.2. The summed E-state index contributed by atoms with van der Waals surface area (Å²) in [6.45, 7) is 1.13. The van der Waals surface area contributed by atoms with E-state index in [1.54, 1.807) is 0 Å². The molecule has 1 aromatic rings. The van der Waals surface area contributed by atoms with E-state index < -0.39 is 0 Å². The van der Waals surface area contributed by atoms with E-state index in [0.29, 0.717) is 0 Å². The van der Waals surface area contributed by atoms with Gasteiger partial charge in [-0.2, -0.15) is 0 Å². The smallest absolute Gasteiger partial charge is 0.0701 e. The van der Waals surface area contributed by atoms with E-state index >= 15 is 0 Å². The molecule has 0 spiro atoms. The van der Waals surface area contributed by atoms with E-state index in [1.165, 1.54) is 27.9 Å². The Labute approximate surface area is 86.3 Å². The zero-order chi connectivity index (χ0) is 8.81. The minimum Gasteiger partial charge on any atom is -0.320 e. The summed E-state index contributed by atoms with van der Waals surface area (Å²) in [6, 6.07) is 4.33. The van der Waals surface area contributed by atoms with E-state index in [-0.39, 0.29) is 0 Å². The fourth-order valence-electron chi connectivity index (χ4n) is 1.09. The molecule has 0 amide bonds. The molecule has 0 radical (unpaired) electrons. The second kappa shape index (κ2) is 5.73. The van der Waals surface area contributed by atoms with Gasteiger partial charge in [-0.15, -0.1) is 11.3 Å². The Bertz CT molecular complexity index is 222. The molecule has 1 heterocycles. The van der Waals surface area contributed by atoms with Crippen LogP contribution in [-0.4, -0.2) is 13.6 Å². The van der Waals surface area contributed by atoms with Gasteiger partial charge < -0.3 is 5.32 Å². The van der Waals surface area contributed by atoms with Gasteiger partial charge in [0.15, 0.2) is 0 Å². The van der Waals surface area contributed by atoms with Crippen molar-refractivity contribution in [1.82, 2.24) is 5.32 Å². The molecule has 0 fully saturated rings. The van der Waals surface area contributed by atoms with Crippen molar-refractivity contribution in [3.05, 3.63) is 20.8 Å². The zero-order valence-corrected chi connectivity index (χ0v) is 9.67. The molecular weight excluding hydrogens is 234 g/mol. The van der Waals surface area contributed by atoms with Gasteiger partial charge in [-0.05, 0) is 60.9 Å². The summed E-state index contributed by atoms with van der Waals surface area (Å²) in [5.74, 6) is 0. The predicted octanol–water partition coefficient (Wildman–Crippen LogP) is 3.05. The van der Waals surface area contributed by atoms with Crippen molar-refractivity contribution >= 4 is 27.3 Å². The Morgan fingerprint density at radius 2 is 2.25 bits per heavy atom. The van der Waals surface area contributed by atoms with Crippen molar-refractivity contribution in [2.24, 2.45) is 0 Å². The van der Waals surface area contributed by atoms with Crippen molar-refractivity contribution in [1.29, 1.82) is 0 Å². The standard InChI is InChI=1S/C9H14BrNS/c1-11-7-3-2-4-8-5-6-9(10)12-8/h5-6,11H,2-4,7H2,1H3. The van der Waals surface area contributed by atoms with Crippen LogP contribution < -0.4 is 5.32 Å². The molecule has 0 aliphatic rings. The van der Waals surface area contributed by atoms with Crippen LogP contribution in [0.2, 0.25) is 0 Å². The van der Waals surface area contributed by atoms with Gasteiger partial charge in [-0.25, -0.2) is 0 Å². The maximum absolute atomic E-state index is 3.46. The summed E-state index contributed by atoms with van der Waals surface area (Å²) in [5, 5.41) is 3.15. The summed E-state index contributed by atoms with van der Waals surface area (Å²) >= 11 is 5.30. The van der Waals surface area contributed by atoms with Crippen molar-refractivity contribution in [2.75, 3.05) is 13.6 Å². The third-order valence-corrected chi connectivity index (χ3v) is 3.41. The summed E-state index contributed by atoms with van der Waals surface area (Å²) in [4.78, 5) is 1.48. The number of aryl methyl sites for hydroxylation is 1. The molecule has 12 heavy (non-hydrogen) atoms. The molecule has 0 bridgehead atoms. The van der Waals surface area contributed by atoms with E-state index in [9.17, 15) is 0 Å². The molecule has 0 atom stereocenters. The fraction of sp³-hybridized carbons (Fsp3) is 0.556. The maximum Gasteiger partial charge on any atom is 0.0701 e. The molecular formula is C9H14BrNS. The Hall–Kier alpha value is 0.140. The molecule has 0 saturated heterocycles. The summed E-state index contributed by atoms with van der Waals surface area (Å²) < 4.78 is 1.24. The van der Waals surface area contributed by atoms with Crippen LogP contribution in [0.5, 0.6) is 0 Å². The average Bonchev–Trinajstić information content (AvgIpc) is 2.45. The van der Waals surface area contributed by atoms with Gasteiger partial charge in [0, 0.05) is 4.88 Å². The summed E-state index contributed by atoms with van der Waals surface area (Å²) in [6.07, 6.45) is 3.78. The third kappa shape index (κ3) is 3.70. The van der Waals surface area contributed by atoms with Gasteiger partial charge in [0.1, 0.15) is 0 Å². The van der Waals surface area contributed by atoms with Gasteiger partial charge in [0.2, 0.25) is 0 Å². The fourth-order valence-corrected chi connectivity index (χ4v) is 2.61. The SMILES string of the molecule is CNCCCCc1ccc(Br)s1. The van der Waals surface area contributed by atoms with Crippen molar-refractivity contribution in [3.8, 4) is 0 Å². The quantitative estimate of drug-likeness (QED) is 0.790. The second-order valence-electron chi connectivity index (χ2n) is 2.77. The van der Waals surface area contributed by atoms with Crippen LogP contribution in [0.25, 0.3) is 0 Å². The lowest BCUT2D eigenvalue weighted by molar-refractivity contribution is 0.680. The highest BCUT2D eigenvalue weighted by Crippen LogP contribution is 2.23. The maximum atomic E-state index is 3.46. The molecule has 0 aliphatic heterocycles. The van der Waals surface area contributed by atoms with E-state index in [0.717, 1.165) is 6.54 Å². The number of hydrogen-bond donors (Lipinski definition) is 1. The molecule has 0 aliphatic carbocycles. The number of unbranched alkanes of at least 4 members (excludes halogenated alkanes) is 1. The van der Waals surface area contributed by atoms with Gasteiger partial charge in [0.05, 0.1) is 3.79 Å². The van der Waals surface area contributed by atoms with Gasteiger partial charge in [-0.3, -0.25) is 0 Å². The first-order valence-corrected chi connectivity index (χ1v) is 5.82. The van der Waals surface area contributed by atoms with Crippen LogP contribution in [0, 0.1) is 0 Å². The second-order valence-corrected chi connectivity index (χ2v) is 5.31. The van der Waals surface area contributed by atoms with Gasteiger partial charge >= 0.3 is 0 Å². The highest BCUT2D eigenvalue weighted by molar-refractivity contribution is 9.11. The van der Waals surface area contributed by atoms with Crippen LogP contribution >= 0.6 is 27.3 Å². The van der Waals surface area contributed by atoms with Crippen LogP contribution in [0.1, 0.15) is 17.7 Å². The molecule has 0 aromatic carbocycles. The first-order valence-electron chi connectivity index (χ1n) is 4.22. The van der Waals surface area contributed by atoms with Crippen LogP contribution in [0.4, 0.5) is 0 Å². The van der Waals surface area contributed by atoms with E-state index in [2.05, 4.69) is 33.4 Å². The Morgan fingerprint density at radius 1 is 1.42 bits per heavy atom. The third-order valence-electron chi connectivity index (χ3n) is 1.73. The van der Waals surface area contributed by atoms with Crippen molar-refractivity contribution < 1.29 is 0 Å². The zero-order valence-electron chi connectivity index (χ0n) is 7.27. The molecule has 3 heteroatoms. The monoisotopic (exact) mass is 247 g/mol. The lowest BCUT2D eigenvalue weighted by Crippen LogP contribution is -2.07. The average molecular weight is 248 g/mol. The summed E-state index contributed by atoms with van der Waals surface area (Å²) in [5.41, 5.74) is 0. The lowest BCUT2D eigenvalue weighted by Gasteiger charge is -1.97. The predicted molar refractivity (Wildman–Crippen MR) is 58.9 cm³/mol. The first-order chi connectivity index (χ1) is 5.83. The van der Waals surface area contributed by atoms with E-state index in [4.69, 9.17) is 0 Å². The minimum atomic E-state index is 1.13. The lowest BCUT2D eigenvalue weighted by atomic mass is 10.2. The molecule has 1 rings (SSSR count). The topological polar surface area (TPSA) is 12.0 Å². The highest BCUT2D eigenvalue weighted by atomic mass is 79.9. The van der Waals surface area contributed by atoms with E-state index in [1.807, 2.05) is 18.4 Å². The van der Waals surface area contributed by atoms with Crippen molar-refractivity contribution in [2.45, 2.75) is 19.3 Å². The molecule has 1 nitrogen and oxygen atoms in total. The molecule has 68 valence electrons. The largest absolute Gasteiger partial charge is 0.320 e. The number of thiophene rings is 1. The molecule has 1 N–H and O–H groups in total. The molecule has 0 unspecified atom stereocenters. The Morgan fingerprint density at radius 3 is 2.83 bits per heavy atom. The normalized spacial score (nSPS) is 10.5. The number of nitrogens with one attached hydrogen (secondary N) is 1. The van der Waals surface area contributed by atoms with Crippen LogP contribution in [-0.2, 0) is 6.42 Å². The Balaban J connectivity index is 2.15. The molecule has 0 saturated carbocycles. The number of hydrogen-bond acceptors (Lipinski definition) is 2. The highest BCUT2D eigenvalue weighted by Gasteiger charge is 1.96. The minimum absolute atomic E-state index is 1.13. The van der Waals surface area contributed by atoms with Crippen molar-refractivity contribution in [3.63, 3.8) is 0 Å². The number of rotatable bonds is 5. The Kier molecular flexibility index (Phi) is 4.88. The van der Waals surface area contributed by atoms with Gasteiger partial charge in [0.25, 0.3) is 0 Å². The van der Waals surface area contributed by atoms with Crippen LogP contribution in [0.3, 0.4) is 0 Å². The number of halogens is 1. The molecule has 1 aromatic heterocycles. The summed E-state index contributed by atoms with van der Waals surface area (Å²) in [7, 11) is 2.00.